The first-order valence-electron chi connectivity index (χ1n) is 6.91. The number of amides is 1. The van der Waals surface area contributed by atoms with Crippen LogP contribution < -0.4 is 5.73 Å². The van der Waals surface area contributed by atoms with Crippen molar-refractivity contribution in [2.45, 2.75) is 37.9 Å². The minimum atomic E-state index is -2.44. The van der Waals surface area contributed by atoms with Gasteiger partial charge in [-0.3, -0.25) is 14.9 Å². The van der Waals surface area contributed by atoms with Crippen LogP contribution in [-0.2, 0) is 15.9 Å². The Bertz CT molecular complexity index is 564. The average molecular weight is 328 g/mol. The van der Waals surface area contributed by atoms with Crippen molar-refractivity contribution in [1.82, 2.24) is 0 Å². The predicted molar refractivity (Wildman–Crippen MR) is 83.7 cm³/mol. The van der Waals surface area contributed by atoms with E-state index in [9.17, 15) is 23.7 Å². The van der Waals surface area contributed by atoms with Crippen molar-refractivity contribution in [3.05, 3.63) is 39.9 Å². The number of nitro groups is 1. The van der Waals surface area contributed by atoms with Gasteiger partial charge in [0.15, 0.2) is 11.1 Å². The molecule has 8 heteroatoms. The summed E-state index contributed by atoms with van der Waals surface area (Å²) in [5, 5.41) is 9.60. The molecule has 1 amide bonds. The highest BCUT2D eigenvalue weighted by Crippen LogP contribution is 2.32. The number of non-ortho nitro benzene ring substituents is 1. The molecule has 0 saturated heterocycles. The van der Waals surface area contributed by atoms with Crippen molar-refractivity contribution in [3.8, 4) is 0 Å². The number of hydrogen-bond donors (Lipinski definition) is 2. The molecule has 0 aliphatic heterocycles. The van der Waals surface area contributed by atoms with E-state index in [1.807, 2.05) is 13.8 Å². The summed E-state index contributed by atoms with van der Waals surface area (Å²) in [7, 11) is 0. The van der Waals surface area contributed by atoms with Crippen LogP contribution >= 0.6 is 0 Å². The van der Waals surface area contributed by atoms with Crippen molar-refractivity contribution in [3.63, 3.8) is 0 Å². The molecular weight excluding hydrogens is 308 g/mol. The normalized spacial score (nSPS) is 16.5. The first-order chi connectivity index (χ1) is 10.3. The van der Waals surface area contributed by atoms with Crippen LogP contribution in [0.2, 0.25) is 0 Å². The molecule has 0 aliphatic carbocycles. The minimum absolute atomic E-state index is 0.126. The van der Waals surface area contributed by atoms with E-state index in [2.05, 4.69) is 0 Å². The van der Waals surface area contributed by atoms with E-state index < -0.39 is 33.1 Å². The second-order valence-corrected chi connectivity index (χ2v) is 6.37. The zero-order valence-electron chi connectivity index (χ0n) is 12.5. The SMILES string of the molecule is CC[C@@H](C)CC(c1cccc([N+](=O)[O-])c1)C(C(N)=O)S(=O)O. The van der Waals surface area contributed by atoms with Gasteiger partial charge in [-0.2, -0.15) is 0 Å². The number of hydrogen-bond acceptors (Lipinski definition) is 4. The molecular formula is C14H20N2O5S. The molecule has 1 aromatic carbocycles. The maximum Gasteiger partial charge on any atom is 0.269 e. The molecule has 0 aliphatic rings. The smallest absolute Gasteiger partial charge is 0.269 e. The number of nitro benzene ring substituents is 1. The molecule has 3 unspecified atom stereocenters. The molecule has 0 spiro atoms. The van der Waals surface area contributed by atoms with Crippen molar-refractivity contribution >= 4 is 22.7 Å². The molecule has 1 rings (SSSR count). The molecule has 0 radical (unpaired) electrons. The van der Waals surface area contributed by atoms with Crippen molar-refractivity contribution in [2.24, 2.45) is 11.7 Å². The highest BCUT2D eigenvalue weighted by molar-refractivity contribution is 7.80. The summed E-state index contributed by atoms with van der Waals surface area (Å²) in [5.41, 5.74) is 5.61. The highest BCUT2D eigenvalue weighted by Gasteiger charge is 2.34. The molecule has 0 aromatic heterocycles. The molecule has 3 N–H and O–H groups in total. The number of carbonyl (C=O) groups is 1. The van der Waals surface area contributed by atoms with Crippen LogP contribution in [0.4, 0.5) is 5.69 Å². The lowest BCUT2D eigenvalue weighted by Crippen LogP contribution is -2.38. The van der Waals surface area contributed by atoms with E-state index in [1.165, 1.54) is 18.2 Å². The van der Waals surface area contributed by atoms with Gasteiger partial charge in [0, 0.05) is 18.1 Å². The van der Waals surface area contributed by atoms with E-state index >= 15 is 0 Å². The van der Waals surface area contributed by atoms with Crippen LogP contribution in [0, 0.1) is 16.0 Å². The van der Waals surface area contributed by atoms with Gasteiger partial charge in [-0.1, -0.05) is 32.4 Å². The Balaban J connectivity index is 3.30. The van der Waals surface area contributed by atoms with Gasteiger partial charge in [0.1, 0.15) is 5.25 Å². The Kier molecular flexibility index (Phi) is 6.63. The summed E-state index contributed by atoms with van der Waals surface area (Å²) >= 11 is -2.44. The van der Waals surface area contributed by atoms with Gasteiger partial charge in [0.05, 0.1) is 4.92 Å². The van der Waals surface area contributed by atoms with Gasteiger partial charge >= 0.3 is 0 Å². The van der Waals surface area contributed by atoms with Crippen LogP contribution in [-0.4, -0.2) is 24.8 Å². The van der Waals surface area contributed by atoms with Crippen LogP contribution in [0.1, 0.15) is 38.2 Å². The van der Waals surface area contributed by atoms with Gasteiger partial charge in [0.25, 0.3) is 5.69 Å². The quantitative estimate of drug-likeness (QED) is 0.430. The third kappa shape index (κ3) is 4.60. The molecule has 7 nitrogen and oxygen atoms in total. The molecule has 4 atom stereocenters. The summed E-state index contributed by atoms with van der Waals surface area (Å²) in [6, 6.07) is 5.77. The number of rotatable bonds is 8. The van der Waals surface area contributed by atoms with E-state index in [-0.39, 0.29) is 11.6 Å². The van der Waals surface area contributed by atoms with Crippen LogP contribution in [0.15, 0.2) is 24.3 Å². The number of primary amides is 1. The van der Waals surface area contributed by atoms with Crippen molar-refractivity contribution in [2.75, 3.05) is 0 Å². The predicted octanol–water partition coefficient (Wildman–Crippen LogP) is 2.19. The zero-order valence-corrected chi connectivity index (χ0v) is 13.3. The van der Waals surface area contributed by atoms with Crippen LogP contribution in [0.25, 0.3) is 0 Å². The lowest BCUT2D eigenvalue weighted by atomic mass is 9.85. The average Bonchev–Trinajstić information content (AvgIpc) is 2.45. The number of nitrogens with two attached hydrogens (primary N) is 1. The van der Waals surface area contributed by atoms with Crippen LogP contribution in [0.5, 0.6) is 0 Å². The molecule has 1 aromatic rings. The Hall–Kier alpha value is -1.80. The number of benzene rings is 1. The zero-order chi connectivity index (χ0) is 16.9. The summed E-state index contributed by atoms with van der Waals surface area (Å²) in [4.78, 5) is 21.9. The minimum Gasteiger partial charge on any atom is -0.369 e. The maximum atomic E-state index is 11.6. The first kappa shape index (κ1) is 18.2. The van der Waals surface area contributed by atoms with Gasteiger partial charge in [-0.25, -0.2) is 4.21 Å². The van der Waals surface area contributed by atoms with Gasteiger partial charge in [-0.05, 0) is 17.9 Å². The number of carbonyl (C=O) groups excluding carboxylic acids is 1. The van der Waals surface area contributed by atoms with Gasteiger partial charge in [-0.15, -0.1) is 0 Å². The Morgan fingerprint density at radius 1 is 1.50 bits per heavy atom. The van der Waals surface area contributed by atoms with Crippen LogP contribution in [0.3, 0.4) is 0 Å². The Morgan fingerprint density at radius 2 is 2.14 bits per heavy atom. The topological polar surface area (TPSA) is 124 Å². The second-order valence-electron chi connectivity index (χ2n) is 5.31. The molecule has 0 bridgehead atoms. The van der Waals surface area contributed by atoms with Crippen molar-refractivity contribution < 1.29 is 18.5 Å². The molecule has 22 heavy (non-hydrogen) atoms. The highest BCUT2D eigenvalue weighted by atomic mass is 32.2. The fraction of sp³-hybridized carbons (Fsp3) is 0.500. The Morgan fingerprint density at radius 3 is 2.59 bits per heavy atom. The van der Waals surface area contributed by atoms with E-state index in [4.69, 9.17) is 5.73 Å². The largest absolute Gasteiger partial charge is 0.369 e. The van der Waals surface area contributed by atoms with E-state index in [1.54, 1.807) is 6.07 Å². The Labute approximate surface area is 131 Å². The summed E-state index contributed by atoms with van der Waals surface area (Å²) in [6.45, 7) is 3.91. The molecule has 122 valence electrons. The monoisotopic (exact) mass is 328 g/mol. The van der Waals surface area contributed by atoms with E-state index in [0.29, 0.717) is 12.0 Å². The summed E-state index contributed by atoms with van der Waals surface area (Å²) in [6.07, 6.45) is 1.26. The second kappa shape index (κ2) is 8.00. The van der Waals surface area contributed by atoms with Gasteiger partial charge in [0.2, 0.25) is 5.91 Å². The van der Waals surface area contributed by atoms with E-state index in [0.717, 1.165) is 6.42 Å². The first-order valence-corrected chi connectivity index (χ1v) is 8.08. The summed E-state index contributed by atoms with van der Waals surface area (Å²) < 4.78 is 20.9. The third-order valence-electron chi connectivity index (χ3n) is 3.73. The lowest BCUT2D eigenvalue weighted by Gasteiger charge is -2.25. The van der Waals surface area contributed by atoms with Crippen molar-refractivity contribution in [1.29, 1.82) is 0 Å². The fourth-order valence-corrected chi connectivity index (χ4v) is 3.09. The molecule has 0 saturated carbocycles. The molecule has 0 heterocycles. The lowest BCUT2D eigenvalue weighted by molar-refractivity contribution is -0.384. The standard InChI is InChI=1S/C14H20N2O5S/c1-3-9(2)7-12(13(14(15)17)22(20)21)10-5-4-6-11(8-10)16(18)19/h4-6,8-9,12-13H,3,7H2,1-2H3,(H2,15,17)(H,20,21)/t9-,12?,13?/m1/s1. The number of nitrogens with zero attached hydrogens (tertiary/aromatic N) is 1. The van der Waals surface area contributed by atoms with Gasteiger partial charge < -0.3 is 10.3 Å². The molecule has 0 fully saturated rings. The third-order valence-corrected chi connectivity index (χ3v) is 4.72. The summed E-state index contributed by atoms with van der Waals surface area (Å²) in [5.74, 6) is -1.35. The maximum absolute atomic E-state index is 11.6. The fourth-order valence-electron chi connectivity index (χ4n) is 2.34.